The van der Waals surface area contributed by atoms with E-state index in [1.165, 1.54) is 0 Å². The molecule has 2 rings (SSSR count). The summed E-state index contributed by atoms with van der Waals surface area (Å²) in [5.41, 5.74) is 0. The van der Waals surface area contributed by atoms with Crippen molar-refractivity contribution >= 4 is 11.9 Å². The molecule has 3 amide bonds. The quantitative estimate of drug-likeness (QED) is 0.553. The number of nitrogens with one attached hydrogen (secondary N) is 3. The Balaban J connectivity index is 1.69. The van der Waals surface area contributed by atoms with E-state index in [0.29, 0.717) is 6.54 Å². The van der Waals surface area contributed by atoms with Crippen LogP contribution in [0.3, 0.4) is 0 Å². The molecule has 24 heavy (non-hydrogen) atoms. The van der Waals surface area contributed by atoms with Gasteiger partial charge in [-0.15, -0.1) is 0 Å². The molecule has 0 spiro atoms. The van der Waals surface area contributed by atoms with Crippen molar-refractivity contribution in [3.63, 3.8) is 0 Å². The molecule has 0 aromatic carbocycles. The van der Waals surface area contributed by atoms with E-state index in [9.17, 15) is 14.7 Å². The highest BCUT2D eigenvalue weighted by Gasteiger charge is 2.32. The summed E-state index contributed by atoms with van der Waals surface area (Å²) < 4.78 is 5.89. The molecular formula is C17H31N3O4. The van der Waals surface area contributed by atoms with Crippen molar-refractivity contribution in [1.29, 1.82) is 0 Å². The monoisotopic (exact) mass is 341 g/mol. The van der Waals surface area contributed by atoms with Gasteiger partial charge in [-0.3, -0.25) is 4.79 Å². The Morgan fingerprint density at radius 1 is 1.21 bits per heavy atom. The van der Waals surface area contributed by atoms with E-state index in [4.69, 9.17) is 4.74 Å². The van der Waals surface area contributed by atoms with Gasteiger partial charge in [0.05, 0.1) is 18.8 Å². The Morgan fingerprint density at radius 2 is 1.96 bits per heavy atom. The summed E-state index contributed by atoms with van der Waals surface area (Å²) in [5, 5.41) is 18.2. The Morgan fingerprint density at radius 3 is 2.54 bits per heavy atom. The first-order chi connectivity index (χ1) is 11.5. The van der Waals surface area contributed by atoms with Gasteiger partial charge in [0.25, 0.3) is 0 Å². The van der Waals surface area contributed by atoms with Gasteiger partial charge in [-0.2, -0.15) is 0 Å². The molecular weight excluding hydrogens is 310 g/mol. The summed E-state index contributed by atoms with van der Waals surface area (Å²) in [4.78, 5) is 23.6. The highest BCUT2D eigenvalue weighted by molar-refractivity contribution is 5.79. The minimum Gasteiger partial charge on any atom is -0.394 e. The molecule has 2 fully saturated rings. The summed E-state index contributed by atoms with van der Waals surface area (Å²) in [7, 11) is 0. The molecule has 7 heteroatoms. The van der Waals surface area contributed by atoms with Crippen molar-refractivity contribution in [3.05, 3.63) is 0 Å². The predicted octanol–water partition coefficient (Wildman–Crippen LogP) is 0.909. The number of rotatable bonds is 7. The second-order valence-electron chi connectivity index (χ2n) is 7.14. The van der Waals surface area contributed by atoms with Crippen molar-refractivity contribution in [2.75, 3.05) is 13.2 Å². The topological polar surface area (TPSA) is 99.7 Å². The van der Waals surface area contributed by atoms with Crippen LogP contribution in [-0.2, 0) is 9.53 Å². The number of amides is 3. The van der Waals surface area contributed by atoms with Gasteiger partial charge in [-0.05, 0) is 46.0 Å². The smallest absolute Gasteiger partial charge is 0.315 e. The van der Waals surface area contributed by atoms with E-state index < -0.39 is 6.10 Å². The third kappa shape index (κ3) is 5.63. The fraction of sp³-hybridized carbons (Fsp3) is 0.882. The molecule has 1 saturated carbocycles. The van der Waals surface area contributed by atoms with E-state index in [-0.39, 0.29) is 42.7 Å². The standard InChI is InChI=1S/C17H31N3O4/c1-11(2)19-17(23)20-14-7-6-13(24-15(14)10-21)8-9-18-16(22)12-4-3-5-12/h11-15,21H,3-10H2,1-2H3,(H,18,22)(H2,19,20,23)/t13-,14-,15+/m1/s1. The van der Waals surface area contributed by atoms with Gasteiger partial charge in [0.2, 0.25) is 5.91 Å². The normalized spacial score (nSPS) is 27.4. The average Bonchev–Trinajstić information content (AvgIpc) is 2.45. The SMILES string of the molecule is CC(C)NC(=O)N[C@@H]1CC[C@H](CCNC(=O)C2CCC2)O[C@H]1CO. The molecule has 3 atom stereocenters. The molecule has 1 heterocycles. The van der Waals surface area contributed by atoms with Crippen LogP contribution in [0.1, 0.15) is 52.4 Å². The van der Waals surface area contributed by atoms with Crippen LogP contribution in [0.25, 0.3) is 0 Å². The zero-order chi connectivity index (χ0) is 17.5. The molecule has 7 nitrogen and oxygen atoms in total. The summed E-state index contributed by atoms with van der Waals surface area (Å²) in [6, 6.07) is -0.355. The maximum atomic E-state index is 11.8. The van der Waals surface area contributed by atoms with Gasteiger partial charge in [0, 0.05) is 18.5 Å². The molecule has 2 aliphatic rings. The molecule has 1 aliphatic carbocycles. The summed E-state index contributed by atoms with van der Waals surface area (Å²) in [6.07, 6.45) is 5.08. The number of urea groups is 1. The van der Waals surface area contributed by atoms with Crippen LogP contribution in [0.5, 0.6) is 0 Å². The Bertz CT molecular complexity index is 426. The molecule has 0 radical (unpaired) electrons. The number of hydrogen-bond acceptors (Lipinski definition) is 4. The first kappa shape index (κ1) is 19.0. The number of ether oxygens (including phenoxy) is 1. The van der Waals surface area contributed by atoms with Crippen molar-refractivity contribution < 1.29 is 19.4 Å². The van der Waals surface area contributed by atoms with Crippen LogP contribution in [0.2, 0.25) is 0 Å². The molecule has 0 aromatic rings. The zero-order valence-corrected chi connectivity index (χ0v) is 14.7. The number of carbonyl (C=O) groups excluding carboxylic acids is 2. The van der Waals surface area contributed by atoms with Crippen LogP contribution >= 0.6 is 0 Å². The minimum atomic E-state index is -0.399. The molecule has 1 saturated heterocycles. The van der Waals surface area contributed by atoms with Crippen molar-refractivity contribution in [3.8, 4) is 0 Å². The highest BCUT2D eigenvalue weighted by atomic mass is 16.5. The molecule has 0 aromatic heterocycles. The maximum Gasteiger partial charge on any atom is 0.315 e. The van der Waals surface area contributed by atoms with Crippen LogP contribution in [0.4, 0.5) is 4.79 Å². The van der Waals surface area contributed by atoms with Gasteiger partial charge in [0.1, 0.15) is 6.10 Å². The number of carbonyl (C=O) groups is 2. The second-order valence-corrected chi connectivity index (χ2v) is 7.14. The Hall–Kier alpha value is -1.34. The Labute approximate surface area is 143 Å². The summed E-state index contributed by atoms with van der Waals surface area (Å²) in [6.45, 7) is 4.27. The van der Waals surface area contributed by atoms with Gasteiger partial charge in [0.15, 0.2) is 0 Å². The Kier molecular flexibility index (Phi) is 7.30. The molecule has 4 N–H and O–H groups in total. The summed E-state index contributed by atoms with van der Waals surface area (Å²) in [5.74, 6) is 0.358. The van der Waals surface area contributed by atoms with Crippen LogP contribution < -0.4 is 16.0 Å². The predicted molar refractivity (Wildman–Crippen MR) is 90.5 cm³/mol. The number of aliphatic hydroxyl groups is 1. The lowest BCUT2D eigenvalue weighted by molar-refractivity contribution is -0.127. The van der Waals surface area contributed by atoms with E-state index in [1.54, 1.807) is 0 Å². The lowest BCUT2D eigenvalue weighted by Gasteiger charge is -2.36. The summed E-state index contributed by atoms with van der Waals surface area (Å²) >= 11 is 0. The molecule has 0 bridgehead atoms. The molecule has 138 valence electrons. The first-order valence-corrected chi connectivity index (χ1v) is 9.10. The average molecular weight is 341 g/mol. The van der Waals surface area contributed by atoms with Crippen LogP contribution in [0, 0.1) is 5.92 Å². The molecule has 1 aliphatic heterocycles. The fourth-order valence-corrected chi connectivity index (χ4v) is 3.15. The second kappa shape index (κ2) is 9.22. The van der Waals surface area contributed by atoms with Gasteiger partial charge in [-0.1, -0.05) is 6.42 Å². The highest BCUT2D eigenvalue weighted by Crippen LogP contribution is 2.26. The minimum absolute atomic E-state index is 0.00931. The number of hydrogen-bond donors (Lipinski definition) is 4. The first-order valence-electron chi connectivity index (χ1n) is 9.10. The van der Waals surface area contributed by atoms with Crippen molar-refractivity contribution in [2.45, 2.75) is 76.7 Å². The largest absolute Gasteiger partial charge is 0.394 e. The van der Waals surface area contributed by atoms with Gasteiger partial charge in [-0.25, -0.2) is 4.79 Å². The number of aliphatic hydroxyl groups excluding tert-OH is 1. The molecule has 0 unspecified atom stereocenters. The fourth-order valence-electron chi connectivity index (χ4n) is 3.15. The van der Waals surface area contributed by atoms with Crippen molar-refractivity contribution in [1.82, 2.24) is 16.0 Å². The van der Waals surface area contributed by atoms with E-state index in [1.807, 2.05) is 13.8 Å². The van der Waals surface area contributed by atoms with Crippen LogP contribution in [-0.4, -0.2) is 54.5 Å². The third-order valence-electron chi connectivity index (χ3n) is 4.77. The lowest BCUT2D eigenvalue weighted by Crippen LogP contribution is -2.54. The van der Waals surface area contributed by atoms with Crippen LogP contribution in [0.15, 0.2) is 0 Å². The lowest BCUT2D eigenvalue weighted by atomic mass is 9.85. The zero-order valence-electron chi connectivity index (χ0n) is 14.7. The third-order valence-corrected chi connectivity index (χ3v) is 4.77. The maximum absolute atomic E-state index is 11.8. The van der Waals surface area contributed by atoms with Gasteiger partial charge < -0.3 is 25.8 Å². The van der Waals surface area contributed by atoms with Gasteiger partial charge >= 0.3 is 6.03 Å². The van der Waals surface area contributed by atoms with Crippen molar-refractivity contribution in [2.24, 2.45) is 5.92 Å². The van der Waals surface area contributed by atoms with E-state index >= 15 is 0 Å². The van der Waals surface area contributed by atoms with E-state index in [2.05, 4.69) is 16.0 Å². The van der Waals surface area contributed by atoms with E-state index in [0.717, 1.165) is 38.5 Å².